The molecule has 0 aliphatic heterocycles. The van der Waals surface area contributed by atoms with Gasteiger partial charge in [-0.25, -0.2) is 4.79 Å². The van der Waals surface area contributed by atoms with Crippen molar-refractivity contribution >= 4 is 35.1 Å². The van der Waals surface area contributed by atoms with E-state index in [0.29, 0.717) is 6.42 Å². The molecule has 0 spiro atoms. The van der Waals surface area contributed by atoms with Crippen LogP contribution in [0.4, 0.5) is 0 Å². The van der Waals surface area contributed by atoms with Crippen molar-refractivity contribution in [2.24, 2.45) is 0 Å². The minimum atomic E-state index is -0.987. The zero-order valence-corrected chi connectivity index (χ0v) is 13.5. The highest BCUT2D eigenvalue weighted by Crippen LogP contribution is 2.33. The summed E-state index contributed by atoms with van der Waals surface area (Å²) in [4.78, 5) is 23.6. The maximum absolute atomic E-state index is 12.5. The van der Waals surface area contributed by atoms with E-state index in [1.54, 1.807) is 36.4 Å². The Kier molecular flexibility index (Phi) is 4.28. The third-order valence-corrected chi connectivity index (χ3v) is 4.60. The first kappa shape index (κ1) is 15.8. The molecule has 0 saturated carbocycles. The molecular formula is C17H13Cl2NO3. The highest BCUT2D eigenvalue weighted by Gasteiger charge is 2.26. The zero-order chi connectivity index (χ0) is 16.6. The Labute approximate surface area is 143 Å². The fraction of sp³-hybridized carbons (Fsp3) is 0.176. The molecule has 0 bridgehead atoms. The summed E-state index contributed by atoms with van der Waals surface area (Å²) < 4.78 is 0. The molecule has 1 aliphatic carbocycles. The lowest BCUT2D eigenvalue weighted by Crippen LogP contribution is -2.27. The summed E-state index contributed by atoms with van der Waals surface area (Å²) in [6.45, 7) is 0. The quantitative estimate of drug-likeness (QED) is 0.876. The van der Waals surface area contributed by atoms with Crippen molar-refractivity contribution in [1.82, 2.24) is 5.32 Å². The van der Waals surface area contributed by atoms with E-state index < -0.39 is 5.97 Å². The minimum absolute atomic E-state index is 0.209. The van der Waals surface area contributed by atoms with Crippen LogP contribution in [0.1, 0.15) is 44.3 Å². The first-order valence-electron chi connectivity index (χ1n) is 7.08. The third kappa shape index (κ3) is 3.05. The van der Waals surface area contributed by atoms with Gasteiger partial charge in [0.05, 0.1) is 27.2 Å². The van der Waals surface area contributed by atoms with Crippen molar-refractivity contribution < 1.29 is 14.7 Å². The van der Waals surface area contributed by atoms with Gasteiger partial charge in [0.15, 0.2) is 0 Å². The van der Waals surface area contributed by atoms with Crippen LogP contribution >= 0.6 is 23.2 Å². The molecule has 6 heteroatoms. The molecule has 2 aromatic carbocycles. The molecule has 2 N–H and O–H groups in total. The van der Waals surface area contributed by atoms with Crippen LogP contribution in [0.15, 0.2) is 36.4 Å². The number of fused-ring (bicyclic) bond motifs is 1. The van der Waals surface area contributed by atoms with Crippen LogP contribution in [0.3, 0.4) is 0 Å². The summed E-state index contributed by atoms with van der Waals surface area (Å²) in [5.74, 6) is -1.35. The normalized spacial score (nSPS) is 16.0. The first-order valence-corrected chi connectivity index (χ1v) is 7.84. The Hall–Kier alpha value is -2.04. The number of amides is 1. The fourth-order valence-corrected chi connectivity index (χ4v) is 3.40. The highest BCUT2D eigenvalue weighted by molar-refractivity contribution is 6.39. The standard InChI is InChI=1S/C17H13Cl2NO3/c18-12-2-1-3-13(19)15(12)16(21)20-14-7-6-9-4-5-10(17(22)23)8-11(9)14/h1-5,8,14H,6-7H2,(H,20,21)(H,22,23). The Balaban J connectivity index is 1.87. The van der Waals surface area contributed by atoms with Crippen LogP contribution in [0.2, 0.25) is 10.0 Å². The number of halogens is 2. The van der Waals surface area contributed by atoms with E-state index in [1.165, 1.54) is 0 Å². The van der Waals surface area contributed by atoms with Gasteiger partial charge in [-0.2, -0.15) is 0 Å². The Morgan fingerprint density at radius 2 is 1.83 bits per heavy atom. The van der Waals surface area contributed by atoms with Crippen molar-refractivity contribution in [3.8, 4) is 0 Å². The van der Waals surface area contributed by atoms with E-state index in [-0.39, 0.29) is 33.1 Å². The van der Waals surface area contributed by atoms with Crippen LogP contribution < -0.4 is 5.32 Å². The number of hydrogen-bond acceptors (Lipinski definition) is 2. The monoisotopic (exact) mass is 349 g/mol. The summed E-state index contributed by atoms with van der Waals surface area (Å²) in [6.07, 6.45) is 1.50. The fourth-order valence-electron chi connectivity index (χ4n) is 2.83. The molecule has 1 atom stereocenters. The largest absolute Gasteiger partial charge is 0.478 e. The van der Waals surface area contributed by atoms with Crippen molar-refractivity contribution in [2.75, 3.05) is 0 Å². The molecule has 2 aromatic rings. The topological polar surface area (TPSA) is 66.4 Å². The lowest BCUT2D eigenvalue weighted by atomic mass is 10.0. The Morgan fingerprint density at radius 3 is 2.48 bits per heavy atom. The van der Waals surface area contributed by atoms with Gasteiger partial charge in [0.2, 0.25) is 0 Å². The van der Waals surface area contributed by atoms with Gasteiger partial charge in [-0.05, 0) is 48.2 Å². The molecule has 0 aromatic heterocycles. The zero-order valence-electron chi connectivity index (χ0n) is 12.0. The molecular weight excluding hydrogens is 337 g/mol. The van der Waals surface area contributed by atoms with Crippen LogP contribution in [-0.4, -0.2) is 17.0 Å². The second-order valence-electron chi connectivity index (χ2n) is 5.38. The number of carboxylic acid groups (broad SMARTS) is 1. The molecule has 4 nitrogen and oxygen atoms in total. The number of aryl methyl sites for hydroxylation is 1. The van der Waals surface area contributed by atoms with Gasteiger partial charge in [0.25, 0.3) is 5.91 Å². The van der Waals surface area contributed by atoms with E-state index in [1.807, 2.05) is 0 Å². The van der Waals surface area contributed by atoms with Gasteiger partial charge in [-0.15, -0.1) is 0 Å². The number of nitrogens with one attached hydrogen (secondary N) is 1. The molecule has 3 rings (SSSR count). The van der Waals surface area contributed by atoms with E-state index in [9.17, 15) is 9.59 Å². The summed E-state index contributed by atoms with van der Waals surface area (Å²) >= 11 is 12.1. The summed E-state index contributed by atoms with van der Waals surface area (Å²) in [6, 6.07) is 9.63. The average molecular weight is 350 g/mol. The van der Waals surface area contributed by atoms with Gasteiger partial charge in [-0.1, -0.05) is 35.3 Å². The number of hydrogen-bond donors (Lipinski definition) is 2. The second kappa shape index (κ2) is 6.22. The van der Waals surface area contributed by atoms with Gasteiger partial charge in [0, 0.05) is 0 Å². The van der Waals surface area contributed by atoms with E-state index in [2.05, 4.69) is 5.32 Å². The molecule has 1 unspecified atom stereocenters. The lowest BCUT2D eigenvalue weighted by molar-refractivity contribution is 0.0696. The summed E-state index contributed by atoms with van der Waals surface area (Å²) in [7, 11) is 0. The van der Waals surface area contributed by atoms with Gasteiger partial charge >= 0.3 is 5.97 Å². The minimum Gasteiger partial charge on any atom is -0.478 e. The highest BCUT2D eigenvalue weighted by atomic mass is 35.5. The molecule has 0 fully saturated rings. The van der Waals surface area contributed by atoms with Crippen LogP contribution in [-0.2, 0) is 6.42 Å². The predicted octanol–water partition coefficient (Wildman–Crippen LogP) is 4.11. The van der Waals surface area contributed by atoms with Crippen molar-refractivity contribution in [1.29, 1.82) is 0 Å². The van der Waals surface area contributed by atoms with Crippen LogP contribution in [0.25, 0.3) is 0 Å². The molecule has 1 amide bonds. The maximum atomic E-state index is 12.5. The van der Waals surface area contributed by atoms with Crippen LogP contribution in [0, 0.1) is 0 Å². The number of carbonyl (C=O) groups is 2. The molecule has 1 aliphatic rings. The molecule has 0 saturated heterocycles. The smallest absolute Gasteiger partial charge is 0.335 e. The Morgan fingerprint density at radius 1 is 1.13 bits per heavy atom. The van der Waals surface area contributed by atoms with Crippen molar-refractivity contribution in [3.63, 3.8) is 0 Å². The summed E-state index contributed by atoms with van der Waals surface area (Å²) in [5.41, 5.74) is 2.33. The SMILES string of the molecule is O=C(O)c1ccc2c(c1)C(NC(=O)c1c(Cl)cccc1Cl)CC2. The van der Waals surface area contributed by atoms with E-state index in [0.717, 1.165) is 17.5 Å². The Bertz CT molecular complexity index is 784. The van der Waals surface area contributed by atoms with Crippen molar-refractivity contribution in [2.45, 2.75) is 18.9 Å². The summed E-state index contributed by atoms with van der Waals surface area (Å²) in [5, 5.41) is 12.6. The predicted molar refractivity (Wildman–Crippen MR) is 88.4 cm³/mol. The van der Waals surface area contributed by atoms with E-state index in [4.69, 9.17) is 28.3 Å². The molecule has 118 valence electrons. The van der Waals surface area contributed by atoms with Gasteiger partial charge in [0.1, 0.15) is 0 Å². The number of carboxylic acids is 1. The molecule has 23 heavy (non-hydrogen) atoms. The number of aromatic carboxylic acids is 1. The van der Waals surface area contributed by atoms with Crippen LogP contribution in [0.5, 0.6) is 0 Å². The van der Waals surface area contributed by atoms with Gasteiger partial charge < -0.3 is 10.4 Å². The maximum Gasteiger partial charge on any atom is 0.335 e. The lowest BCUT2D eigenvalue weighted by Gasteiger charge is -2.16. The first-order chi connectivity index (χ1) is 11.0. The number of rotatable bonds is 3. The van der Waals surface area contributed by atoms with Crippen molar-refractivity contribution in [3.05, 3.63) is 68.7 Å². The van der Waals surface area contributed by atoms with E-state index >= 15 is 0 Å². The molecule has 0 radical (unpaired) electrons. The van der Waals surface area contributed by atoms with Gasteiger partial charge in [-0.3, -0.25) is 4.79 Å². The second-order valence-corrected chi connectivity index (χ2v) is 6.19. The number of carbonyl (C=O) groups excluding carboxylic acids is 1. The third-order valence-electron chi connectivity index (χ3n) is 3.97. The molecule has 0 heterocycles. The number of benzene rings is 2. The average Bonchev–Trinajstić information content (AvgIpc) is 2.89.